The zero-order valence-electron chi connectivity index (χ0n) is 14.6. The van der Waals surface area contributed by atoms with Crippen molar-refractivity contribution in [1.29, 1.82) is 0 Å². The minimum Gasteiger partial charge on any atom is -0.368 e. The molecule has 7 nitrogen and oxygen atoms in total. The number of carbonyl (C=O) groups is 2. The third kappa shape index (κ3) is 3.82. The second-order valence-electron chi connectivity index (χ2n) is 6.23. The van der Waals surface area contributed by atoms with Gasteiger partial charge in [0.15, 0.2) is 0 Å². The van der Waals surface area contributed by atoms with Crippen molar-refractivity contribution < 1.29 is 14.3 Å². The summed E-state index contributed by atoms with van der Waals surface area (Å²) in [6.07, 6.45) is 1.26. The van der Waals surface area contributed by atoms with E-state index in [2.05, 4.69) is 15.6 Å². The lowest BCUT2D eigenvalue weighted by atomic mass is 10.2. The first kappa shape index (κ1) is 17.4. The van der Waals surface area contributed by atoms with E-state index in [-0.39, 0.29) is 30.5 Å². The van der Waals surface area contributed by atoms with Crippen molar-refractivity contribution in [3.8, 4) is 0 Å². The quantitative estimate of drug-likeness (QED) is 0.832. The number of nitrogens with zero attached hydrogens (tertiary/aromatic N) is 2. The van der Waals surface area contributed by atoms with Crippen molar-refractivity contribution in [2.45, 2.75) is 45.4 Å². The van der Waals surface area contributed by atoms with Crippen LogP contribution in [0.25, 0.3) is 11.0 Å². The molecule has 0 bridgehead atoms. The van der Waals surface area contributed by atoms with Crippen LogP contribution in [0, 0.1) is 0 Å². The Morgan fingerprint density at radius 3 is 2.92 bits per heavy atom. The fourth-order valence-corrected chi connectivity index (χ4v) is 3.14. The lowest BCUT2D eigenvalue weighted by Crippen LogP contribution is -2.37. The van der Waals surface area contributed by atoms with Crippen LogP contribution in [0.2, 0.25) is 0 Å². The molecule has 1 saturated heterocycles. The highest BCUT2D eigenvalue weighted by Crippen LogP contribution is 2.21. The fraction of sp³-hybridized carbons (Fsp3) is 0.500. The zero-order valence-corrected chi connectivity index (χ0v) is 14.6. The van der Waals surface area contributed by atoms with Crippen LogP contribution in [-0.4, -0.2) is 40.6 Å². The average molecular weight is 344 g/mol. The van der Waals surface area contributed by atoms with Crippen LogP contribution in [0.1, 0.15) is 38.6 Å². The van der Waals surface area contributed by atoms with E-state index < -0.39 is 0 Å². The molecule has 0 spiro atoms. The maximum absolute atomic E-state index is 12.3. The molecular weight excluding hydrogens is 320 g/mol. The van der Waals surface area contributed by atoms with E-state index in [1.54, 1.807) is 0 Å². The number of rotatable bonds is 6. The molecule has 2 aromatic rings. The number of fused-ring (bicyclic) bond motifs is 1. The Morgan fingerprint density at radius 1 is 1.40 bits per heavy atom. The molecule has 2 heterocycles. The number of carbonyl (C=O) groups excluding carboxylic acids is 2. The molecule has 134 valence electrons. The van der Waals surface area contributed by atoms with Gasteiger partial charge in [-0.2, -0.15) is 0 Å². The molecule has 0 saturated carbocycles. The number of para-hydroxylation sites is 2. The molecule has 25 heavy (non-hydrogen) atoms. The topological polar surface area (TPSA) is 85.2 Å². The molecule has 1 fully saturated rings. The molecule has 2 unspecified atom stereocenters. The molecule has 0 aliphatic carbocycles. The van der Waals surface area contributed by atoms with Crippen LogP contribution in [0.15, 0.2) is 24.3 Å². The number of hydrogen-bond donors (Lipinski definition) is 2. The zero-order chi connectivity index (χ0) is 17.8. The minimum absolute atomic E-state index is 0.0791. The van der Waals surface area contributed by atoms with E-state index in [4.69, 9.17) is 4.74 Å². The smallest absolute Gasteiger partial charge is 0.249 e. The van der Waals surface area contributed by atoms with Crippen LogP contribution in [-0.2, 0) is 20.9 Å². The van der Waals surface area contributed by atoms with Crippen molar-refractivity contribution in [3.63, 3.8) is 0 Å². The third-order valence-corrected chi connectivity index (χ3v) is 4.33. The average Bonchev–Trinajstić information content (AvgIpc) is 3.23. The summed E-state index contributed by atoms with van der Waals surface area (Å²) < 4.78 is 7.30. The van der Waals surface area contributed by atoms with E-state index in [0.717, 1.165) is 23.9 Å². The number of ether oxygens (including phenoxy) is 1. The lowest BCUT2D eigenvalue weighted by molar-refractivity contribution is -0.130. The van der Waals surface area contributed by atoms with Crippen molar-refractivity contribution in [2.75, 3.05) is 13.2 Å². The van der Waals surface area contributed by atoms with Crippen LogP contribution >= 0.6 is 0 Å². The summed E-state index contributed by atoms with van der Waals surface area (Å²) in [6.45, 7) is 5.13. The molecule has 2 amide bonds. The lowest BCUT2D eigenvalue weighted by Gasteiger charge is -2.18. The fourth-order valence-electron chi connectivity index (χ4n) is 3.14. The molecular formula is C18H24N4O3. The summed E-state index contributed by atoms with van der Waals surface area (Å²) in [5.74, 6) is 0.463. The monoisotopic (exact) mass is 344 g/mol. The summed E-state index contributed by atoms with van der Waals surface area (Å²) in [4.78, 5) is 29.1. The normalized spacial score (nSPS) is 18.2. The summed E-state index contributed by atoms with van der Waals surface area (Å²) >= 11 is 0. The predicted octanol–water partition coefficient (Wildman–Crippen LogP) is 1.53. The highest BCUT2D eigenvalue weighted by Gasteiger charge is 2.26. The van der Waals surface area contributed by atoms with E-state index in [9.17, 15) is 9.59 Å². The number of benzene rings is 1. The van der Waals surface area contributed by atoms with E-state index in [1.807, 2.05) is 42.7 Å². The van der Waals surface area contributed by atoms with Gasteiger partial charge in [-0.3, -0.25) is 9.59 Å². The highest BCUT2D eigenvalue weighted by molar-refractivity contribution is 5.83. The van der Waals surface area contributed by atoms with Gasteiger partial charge < -0.3 is 19.9 Å². The SMILES string of the molecule is CCNC(=O)Cn1c(C(C)NC(=O)C2CCCO2)nc2ccccc21. The Kier molecular flexibility index (Phi) is 5.33. The molecule has 2 N–H and O–H groups in total. The molecule has 0 radical (unpaired) electrons. The molecule has 2 atom stereocenters. The van der Waals surface area contributed by atoms with Crippen LogP contribution in [0.4, 0.5) is 0 Å². The maximum atomic E-state index is 12.3. The van der Waals surface area contributed by atoms with Crippen molar-refractivity contribution in [1.82, 2.24) is 20.2 Å². The van der Waals surface area contributed by atoms with Crippen molar-refractivity contribution in [3.05, 3.63) is 30.1 Å². The number of imidazole rings is 1. The van der Waals surface area contributed by atoms with Crippen LogP contribution in [0.3, 0.4) is 0 Å². The predicted molar refractivity (Wildman–Crippen MR) is 93.9 cm³/mol. The van der Waals surface area contributed by atoms with Gasteiger partial charge in [-0.25, -0.2) is 4.98 Å². The van der Waals surface area contributed by atoms with E-state index >= 15 is 0 Å². The Labute approximate surface area is 146 Å². The Balaban J connectivity index is 1.85. The van der Waals surface area contributed by atoms with Crippen molar-refractivity contribution >= 4 is 22.8 Å². The largest absolute Gasteiger partial charge is 0.368 e. The minimum atomic E-state index is -0.385. The molecule has 7 heteroatoms. The molecule has 1 aromatic carbocycles. The van der Waals surface area contributed by atoms with Crippen LogP contribution < -0.4 is 10.6 Å². The number of amides is 2. The molecule has 1 aromatic heterocycles. The van der Waals surface area contributed by atoms with Gasteiger partial charge in [0.1, 0.15) is 18.5 Å². The summed E-state index contributed by atoms with van der Waals surface area (Å²) in [6, 6.07) is 7.34. The van der Waals surface area contributed by atoms with Crippen LogP contribution in [0.5, 0.6) is 0 Å². The van der Waals surface area contributed by atoms with Gasteiger partial charge in [0, 0.05) is 13.2 Å². The molecule has 1 aliphatic rings. The second kappa shape index (κ2) is 7.65. The van der Waals surface area contributed by atoms with Gasteiger partial charge in [0.2, 0.25) is 11.8 Å². The Hall–Kier alpha value is -2.41. The number of likely N-dealkylation sites (N-methyl/N-ethyl adjacent to an activating group) is 1. The van der Waals surface area contributed by atoms with Gasteiger partial charge >= 0.3 is 0 Å². The van der Waals surface area contributed by atoms with E-state index in [0.29, 0.717) is 19.0 Å². The van der Waals surface area contributed by atoms with Gasteiger partial charge in [-0.15, -0.1) is 0 Å². The second-order valence-corrected chi connectivity index (χ2v) is 6.23. The van der Waals surface area contributed by atoms with Crippen molar-refractivity contribution in [2.24, 2.45) is 0 Å². The highest BCUT2D eigenvalue weighted by atomic mass is 16.5. The summed E-state index contributed by atoms with van der Waals surface area (Å²) in [5.41, 5.74) is 1.68. The molecule has 1 aliphatic heterocycles. The first-order valence-electron chi connectivity index (χ1n) is 8.74. The summed E-state index contributed by atoms with van der Waals surface area (Å²) in [7, 11) is 0. The van der Waals surface area contributed by atoms with Gasteiger partial charge in [-0.1, -0.05) is 12.1 Å². The van der Waals surface area contributed by atoms with Gasteiger partial charge in [-0.05, 0) is 38.8 Å². The van der Waals surface area contributed by atoms with E-state index in [1.165, 1.54) is 0 Å². The number of hydrogen-bond acceptors (Lipinski definition) is 4. The number of aromatic nitrogens is 2. The number of nitrogens with one attached hydrogen (secondary N) is 2. The first-order valence-corrected chi connectivity index (χ1v) is 8.74. The maximum Gasteiger partial charge on any atom is 0.249 e. The third-order valence-electron chi connectivity index (χ3n) is 4.33. The Bertz CT molecular complexity index is 765. The Morgan fingerprint density at radius 2 is 2.20 bits per heavy atom. The van der Waals surface area contributed by atoms with Gasteiger partial charge in [0.05, 0.1) is 17.1 Å². The molecule has 3 rings (SSSR count). The standard InChI is InChI=1S/C18H24N4O3/c1-3-19-16(23)11-22-14-8-5-4-7-13(14)21-17(22)12(2)20-18(24)15-9-6-10-25-15/h4-5,7-8,12,15H,3,6,9-11H2,1-2H3,(H,19,23)(H,20,24). The summed E-state index contributed by atoms with van der Waals surface area (Å²) in [5, 5.41) is 5.77. The van der Waals surface area contributed by atoms with Gasteiger partial charge in [0.25, 0.3) is 0 Å². The first-order chi connectivity index (χ1) is 12.1.